The number of carbonyl (C=O) groups excluding carboxylic acids is 2. The Balaban J connectivity index is 1.81. The van der Waals surface area contributed by atoms with E-state index >= 15 is 0 Å². The first kappa shape index (κ1) is 17.5. The van der Waals surface area contributed by atoms with Gasteiger partial charge in [-0.25, -0.2) is 0 Å². The van der Waals surface area contributed by atoms with E-state index in [2.05, 4.69) is 15.6 Å². The Kier molecular flexibility index (Phi) is 5.51. The molecule has 2 N–H and O–H groups in total. The average Bonchev–Trinajstić information content (AvgIpc) is 2.58. The van der Waals surface area contributed by atoms with E-state index < -0.39 is 23.6 Å². The molecular formula is C16H14F3N3O2. The quantitative estimate of drug-likeness (QED) is 0.878. The van der Waals surface area contributed by atoms with E-state index in [1.54, 1.807) is 24.5 Å². The predicted molar refractivity (Wildman–Crippen MR) is 79.9 cm³/mol. The SMILES string of the molecule is O=C(CNC(=O)c1ccc(C(F)(F)F)cc1)NCc1cccnc1. The molecule has 0 aliphatic heterocycles. The second kappa shape index (κ2) is 7.58. The zero-order chi connectivity index (χ0) is 17.6. The molecule has 0 aliphatic rings. The van der Waals surface area contributed by atoms with Gasteiger partial charge in [-0.1, -0.05) is 6.07 Å². The van der Waals surface area contributed by atoms with E-state index in [1.807, 2.05) is 0 Å². The highest BCUT2D eigenvalue weighted by Crippen LogP contribution is 2.28. The Hall–Kier alpha value is -2.90. The summed E-state index contributed by atoms with van der Waals surface area (Å²) in [4.78, 5) is 27.3. The number of hydrogen-bond acceptors (Lipinski definition) is 3. The first-order valence-corrected chi connectivity index (χ1v) is 6.97. The normalized spacial score (nSPS) is 11.0. The molecule has 0 spiro atoms. The maximum atomic E-state index is 12.4. The molecule has 0 saturated heterocycles. The standard InChI is InChI=1S/C16H14F3N3O2/c17-16(18,19)13-5-3-12(4-6-13)15(24)22-10-14(23)21-9-11-2-1-7-20-8-11/h1-8H,9-10H2,(H,21,23)(H,22,24). The van der Waals surface area contributed by atoms with Crippen LogP contribution in [0.25, 0.3) is 0 Å². The number of amides is 2. The monoisotopic (exact) mass is 337 g/mol. The molecule has 2 amide bonds. The van der Waals surface area contributed by atoms with Crippen LogP contribution in [0.15, 0.2) is 48.8 Å². The lowest BCUT2D eigenvalue weighted by atomic mass is 10.1. The third kappa shape index (κ3) is 5.08. The Morgan fingerprint density at radius 3 is 2.33 bits per heavy atom. The van der Waals surface area contributed by atoms with E-state index in [-0.39, 0.29) is 18.7 Å². The zero-order valence-electron chi connectivity index (χ0n) is 12.4. The molecule has 1 aromatic carbocycles. The van der Waals surface area contributed by atoms with Crippen molar-refractivity contribution in [3.8, 4) is 0 Å². The molecule has 2 rings (SSSR count). The van der Waals surface area contributed by atoms with Crippen LogP contribution in [0.3, 0.4) is 0 Å². The van der Waals surface area contributed by atoms with Crippen molar-refractivity contribution in [2.75, 3.05) is 6.54 Å². The molecule has 0 fully saturated rings. The molecule has 0 unspecified atom stereocenters. The Bertz CT molecular complexity index is 701. The van der Waals surface area contributed by atoms with Gasteiger partial charge in [-0.05, 0) is 35.9 Å². The third-order valence-corrected chi connectivity index (χ3v) is 3.10. The molecule has 8 heteroatoms. The molecule has 126 valence electrons. The summed E-state index contributed by atoms with van der Waals surface area (Å²) in [6, 6.07) is 7.27. The Labute approximate surface area is 135 Å². The van der Waals surface area contributed by atoms with Gasteiger partial charge in [0.15, 0.2) is 0 Å². The lowest BCUT2D eigenvalue weighted by Gasteiger charge is -2.09. The van der Waals surface area contributed by atoms with Gasteiger partial charge in [0, 0.05) is 24.5 Å². The van der Waals surface area contributed by atoms with Gasteiger partial charge in [0.2, 0.25) is 5.91 Å². The van der Waals surface area contributed by atoms with Gasteiger partial charge in [-0.15, -0.1) is 0 Å². The molecule has 0 radical (unpaired) electrons. The number of benzene rings is 1. The van der Waals surface area contributed by atoms with Gasteiger partial charge < -0.3 is 10.6 Å². The molecule has 0 atom stereocenters. The molecule has 0 saturated carbocycles. The number of pyridine rings is 1. The molecular weight excluding hydrogens is 323 g/mol. The van der Waals surface area contributed by atoms with Gasteiger partial charge in [0.25, 0.3) is 5.91 Å². The smallest absolute Gasteiger partial charge is 0.350 e. The fraction of sp³-hybridized carbons (Fsp3) is 0.188. The average molecular weight is 337 g/mol. The fourth-order valence-corrected chi connectivity index (χ4v) is 1.84. The van der Waals surface area contributed by atoms with Crippen molar-refractivity contribution in [2.24, 2.45) is 0 Å². The number of halogens is 3. The van der Waals surface area contributed by atoms with Crippen molar-refractivity contribution >= 4 is 11.8 Å². The Morgan fingerprint density at radius 2 is 1.75 bits per heavy atom. The number of nitrogens with zero attached hydrogens (tertiary/aromatic N) is 1. The molecule has 0 bridgehead atoms. The van der Waals surface area contributed by atoms with Crippen LogP contribution in [0.2, 0.25) is 0 Å². The predicted octanol–water partition coefficient (Wildman–Crippen LogP) is 2.15. The van der Waals surface area contributed by atoms with Crippen molar-refractivity contribution in [3.05, 3.63) is 65.5 Å². The third-order valence-electron chi connectivity index (χ3n) is 3.10. The van der Waals surface area contributed by atoms with Gasteiger partial charge in [0.1, 0.15) is 0 Å². The van der Waals surface area contributed by atoms with E-state index in [0.29, 0.717) is 0 Å². The van der Waals surface area contributed by atoms with Crippen molar-refractivity contribution < 1.29 is 22.8 Å². The van der Waals surface area contributed by atoms with Gasteiger partial charge in [-0.2, -0.15) is 13.2 Å². The fourth-order valence-electron chi connectivity index (χ4n) is 1.84. The summed E-state index contributed by atoms with van der Waals surface area (Å²) >= 11 is 0. The van der Waals surface area contributed by atoms with Crippen molar-refractivity contribution in [3.63, 3.8) is 0 Å². The number of carbonyl (C=O) groups is 2. The number of aromatic nitrogens is 1. The van der Waals surface area contributed by atoms with Crippen LogP contribution < -0.4 is 10.6 Å². The summed E-state index contributed by atoms with van der Waals surface area (Å²) in [5, 5.41) is 4.94. The summed E-state index contributed by atoms with van der Waals surface area (Å²) in [5.74, 6) is -1.04. The maximum Gasteiger partial charge on any atom is 0.416 e. The van der Waals surface area contributed by atoms with Crippen LogP contribution in [0.1, 0.15) is 21.5 Å². The topological polar surface area (TPSA) is 71.1 Å². The summed E-state index contributed by atoms with van der Waals surface area (Å²) < 4.78 is 37.3. The summed E-state index contributed by atoms with van der Waals surface area (Å²) in [5.41, 5.74) is 0.0104. The van der Waals surface area contributed by atoms with Crippen LogP contribution in [0, 0.1) is 0 Å². The van der Waals surface area contributed by atoms with Crippen molar-refractivity contribution in [2.45, 2.75) is 12.7 Å². The second-order valence-electron chi connectivity index (χ2n) is 4.90. The number of rotatable bonds is 5. The minimum Gasteiger partial charge on any atom is -0.350 e. The van der Waals surface area contributed by atoms with Crippen LogP contribution >= 0.6 is 0 Å². The molecule has 0 aliphatic carbocycles. The minimum absolute atomic E-state index is 0.0445. The number of alkyl halides is 3. The van der Waals surface area contributed by atoms with Crippen LogP contribution in [0.5, 0.6) is 0 Å². The van der Waals surface area contributed by atoms with E-state index in [4.69, 9.17) is 0 Å². The van der Waals surface area contributed by atoms with Crippen molar-refractivity contribution in [1.82, 2.24) is 15.6 Å². The van der Waals surface area contributed by atoms with Crippen LogP contribution in [-0.2, 0) is 17.5 Å². The van der Waals surface area contributed by atoms with Gasteiger partial charge in [-0.3, -0.25) is 14.6 Å². The lowest BCUT2D eigenvalue weighted by molar-refractivity contribution is -0.137. The van der Waals surface area contributed by atoms with Gasteiger partial charge in [0.05, 0.1) is 12.1 Å². The molecule has 1 heterocycles. The highest BCUT2D eigenvalue weighted by Gasteiger charge is 2.30. The highest BCUT2D eigenvalue weighted by atomic mass is 19.4. The summed E-state index contributed by atoms with van der Waals surface area (Å²) in [7, 11) is 0. The Morgan fingerprint density at radius 1 is 1.04 bits per heavy atom. The van der Waals surface area contributed by atoms with Gasteiger partial charge >= 0.3 is 6.18 Å². The first-order valence-electron chi connectivity index (χ1n) is 6.97. The minimum atomic E-state index is -4.46. The number of nitrogens with one attached hydrogen (secondary N) is 2. The first-order chi connectivity index (χ1) is 11.4. The van der Waals surface area contributed by atoms with E-state index in [9.17, 15) is 22.8 Å². The van der Waals surface area contributed by atoms with E-state index in [1.165, 1.54) is 0 Å². The second-order valence-corrected chi connectivity index (χ2v) is 4.90. The summed E-state index contributed by atoms with van der Waals surface area (Å²) in [6.45, 7) is -0.0110. The highest BCUT2D eigenvalue weighted by molar-refractivity contribution is 5.96. The molecule has 24 heavy (non-hydrogen) atoms. The van der Waals surface area contributed by atoms with E-state index in [0.717, 1.165) is 29.8 Å². The molecule has 1 aromatic heterocycles. The zero-order valence-corrected chi connectivity index (χ0v) is 12.4. The number of hydrogen-bond donors (Lipinski definition) is 2. The molecule has 5 nitrogen and oxygen atoms in total. The maximum absolute atomic E-state index is 12.4. The van der Waals surface area contributed by atoms with Crippen LogP contribution in [0.4, 0.5) is 13.2 Å². The largest absolute Gasteiger partial charge is 0.416 e. The van der Waals surface area contributed by atoms with Crippen molar-refractivity contribution in [1.29, 1.82) is 0 Å². The molecule has 2 aromatic rings. The lowest BCUT2D eigenvalue weighted by Crippen LogP contribution is -2.36. The summed E-state index contributed by atoms with van der Waals surface area (Å²) in [6.07, 6.45) is -1.25. The van der Waals surface area contributed by atoms with Crippen LogP contribution in [-0.4, -0.2) is 23.3 Å².